The van der Waals surface area contributed by atoms with Crippen LogP contribution in [0.15, 0.2) is 53.3 Å². The van der Waals surface area contributed by atoms with E-state index in [0.29, 0.717) is 0 Å². The highest BCUT2D eigenvalue weighted by Crippen LogP contribution is 2.18. The summed E-state index contributed by atoms with van der Waals surface area (Å²) in [4.78, 5) is 14.9. The molecule has 0 spiro atoms. The van der Waals surface area contributed by atoms with E-state index in [0.717, 1.165) is 41.4 Å². The Morgan fingerprint density at radius 2 is 1.48 bits per heavy atom. The van der Waals surface area contributed by atoms with E-state index < -0.39 is 0 Å². The third kappa shape index (κ3) is 2.45. The van der Waals surface area contributed by atoms with Crippen molar-refractivity contribution in [3.8, 4) is 0 Å². The van der Waals surface area contributed by atoms with Gasteiger partial charge in [-0.25, -0.2) is 0 Å². The van der Waals surface area contributed by atoms with Gasteiger partial charge in [0.05, 0.1) is 11.0 Å². The average Bonchev–Trinajstić information content (AvgIpc) is 2.54. The first kappa shape index (κ1) is 13.8. The van der Waals surface area contributed by atoms with Crippen LogP contribution in [0.2, 0.25) is 0 Å². The smallest absolute Gasteiger partial charge is 0.197 e. The van der Waals surface area contributed by atoms with E-state index in [2.05, 4.69) is 23.4 Å². The molecular weight excluding hydrogens is 260 g/mol. The Morgan fingerprint density at radius 1 is 0.952 bits per heavy atom. The fourth-order valence-corrected chi connectivity index (χ4v) is 2.75. The first-order valence-corrected chi connectivity index (χ1v) is 7.41. The predicted octanol–water partition coefficient (Wildman–Crippen LogP) is 3.11. The van der Waals surface area contributed by atoms with Crippen LogP contribution >= 0.6 is 0 Å². The van der Waals surface area contributed by atoms with Crippen molar-refractivity contribution in [3.63, 3.8) is 0 Å². The van der Waals surface area contributed by atoms with Gasteiger partial charge in [-0.3, -0.25) is 4.79 Å². The number of nitrogens with zero attached hydrogens (tertiary/aromatic N) is 2. The van der Waals surface area contributed by atoms with Gasteiger partial charge in [-0.1, -0.05) is 31.2 Å². The zero-order valence-electron chi connectivity index (χ0n) is 12.5. The van der Waals surface area contributed by atoms with E-state index in [9.17, 15) is 4.79 Å². The maximum absolute atomic E-state index is 12.6. The van der Waals surface area contributed by atoms with Crippen molar-refractivity contribution < 1.29 is 0 Å². The van der Waals surface area contributed by atoms with Crippen LogP contribution in [0.4, 0.5) is 0 Å². The molecule has 3 nitrogen and oxygen atoms in total. The second-order valence-corrected chi connectivity index (χ2v) is 5.41. The van der Waals surface area contributed by atoms with Crippen LogP contribution in [-0.2, 0) is 6.54 Å². The number of para-hydroxylation sites is 2. The highest BCUT2D eigenvalue weighted by atomic mass is 16.1. The summed E-state index contributed by atoms with van der Waals surface area (Å²) in [6, 6.07) is 15.8. The van der Waals surface area contributed by atoms with Crippen LogP contribution in [-0.4, -0.2) is 29.6 Å². The van der Waals surface area contributed by atoms with E-state index in [1.807, 2.05) is 48.5 Å². The summed E-state index contributed by atoms with van der Waals surface area (Å²) in [5.74, 6) is 0. The second-order valence-electron chi connectivity index (χ2n) is 5.41. The summed E-state index contributed by atoms with van der Waals surface area (Å²) >= 11 is 0. The quantitative estimate of drug-likeness (QED) is 0.686. The molecule has 0 radical (unpaired) electrons. The molecule has 0 aliphatic rings. The number of rotatable bonds is 4. The van der Waals surface area contributed by atoms with Gasteiger partial charge in [0.2, 0.25) is 0 Å². The monoisotopic (exact) mass is 280 g/mol. The number of benzene rings is 2. The molecular formula is C18H20N2O. The van der Waals surface area contributed by atoms with E-state index in [1.165, 1.54) is 0 Å². The number of hydrogen-bond donors (Lipinski definition) is 0. The molecule has 0 bridgehead atoms. The maximum atomic E-state index is 12.6. The predicted molar refractivity (Wildman–Crippen MR) is 88.9 cm³/mol. The minimum atomic E-state index is 0.126. The summed E-state index contributed by atoms with van der Waals surface area (Å²) in [5.41, 5.74) is 2.16. The summed E-state index contributed by atoms with van der Waals surface area (Å²) in [5, 5.41) is 1.60. The van der Waals surface area contributed by atoms with Gasteiger partial charge in [0.1, 0.15) is 0 Å². The molecule has 3 rings (SSSR count). The van der Waals surface area contributed by atoms with Crippen LogP contribution in [0.5, 0.6) is 0 Å². The summed E-state index contributed by atoms with van der Waals surface area (Å²) < 4.78 is 2.26. The molecule has 1 heterocycles. The first-order chi connectivity index (χ1) is 10.2. The number of aromatic nitrogens is 1. The van der Waals surface area contributed by atoms with Gasteiger partial charge in [-0.05, 0) is 37.9 Å². The molecule has 0 saturated carbocycles. The Kier molecular flexibility index (Phi) is 3.76. The van der Waals surface area contributed by atoms with E-state index in [-0.39, 0.29) is 5.43 Å². The Morgan fingerprint density at radius 3 is 2.00 bits per heavy atom. The van der Waals surface area contributed by atoms with Gasteiger partial charge in [-0.15, -0.1) is 0 Å². The van der Waals surface area contributed by atoms with Crippen molar-refractivity contribution in [2.75, 3.05) is 20.1 Å². The molecule has 21 heavy (non-hydrogen) atoms. The lowest BCUT2D eigenvalue weighted by Crippen LogP contribution is -2.24. The molecule has 108 valence electrons. The molecule has 0 atom stereocenters. The topological polar surface area (TPSA) is 25.2 Å². The highest BCUT2D eigenvalue weighted by molar-refractivity contribution is 5.93. The summed E-state index contributed by atoms with van der Waals surface area (Å²) in [6.07, 6.45) is 0. The molecule has 0 aliphatic carbocycles. The average molecular weight is 280 g/mol. The Bertz CT molecular complexity index is 775. The van der Waals surface area contributed by atoms with Crippen molar-refractivity contribution in [3.05, 3.63) is 58.8 Å². The minimum Gasteiger partial charge on any atom is -0.339 e. The van der Waals surface area contributed by atoms with Gasteiger partial charge in [-0.2, -0.15) is 0 Å². The zero-order valence-corrected chi connectivity index (χ0v) is 12.5. The molecule has 3 heteroatoms. The third-order valence-corrected chi connectivity index (χ3v) is 4.12. The normalized spacial score (nSPS) is 11.6. The lowest BCUT2D eigenvalue weighted by molar-refractivity contribution is 0.339. The van der Waals surface area contributed by atoms with Gasteiger partial charge < -0.3 is 9.47 Å². The van der Waals surface area contributed by atoms with Crippen LogP contribution in [0.1, 0.15) is 6.92 Å². The van der Waals surface area contributed by atoms with E-state index in [1.54, 1.807) is 0 Å². The molecule has 0 unspecified atom stereocenters. The molecule has 1 aromatic heterocycles. The molecule has 2 aromatic carbocycles. The van der Waals surface area contributed by atoms with Crippen LogP contribution in [0.25, 0.3) is 21.8 Å². The fourth-order valence-electron chi connectivity index (χ4n) is 2.75. The molecule has 3 aromatic rings. The standard InChI is InChI=1S/C18H20N2O/c1-3-19(2)12-13-20-16-10-6-4-8-14(16)18(21)15-9-5-7-11-17(15)20/h4-11H,3,12-13H2,1-2H3. The van der Waals surface area contributed by atoms with Crippen molar-refractivity contribution >= 4 is 21.8 Å². The van der Waals surface area contributed by atoms with Gasteiger partial charge in [0, 0.05) is 23.9 Å². The van der Waals surface area contributed by atoms with Crippen LogP contribution in [0.3, 0.4) is 0 Å². The molecule has 0 amide bonds. The second kappa shape index (κ2) is 5.70. The van der Waals surface area contributed by atoms with Crippen molar-refractivity contribution in [2.24, 2.45) is 0 Å². The van der Waals surface area contributed by atoms with Crippen molar-refractivity contribution in [1.29, 1.82) is 0 Å². The van der Waals surface area contributed by atoms with Crippen LogP contribution in [0, 0.1) is 0 Å². The lowest BCUT2D eigenvalue weighted by atomic mass is 10.1. The lowest BCUT2D eigenvalue weighted by Gasteiger charge is -2.19. The van der Waals surface area contributed by atoms with Crippen molar-refractivity contribution in [1.82, 2.24) is 9.47 Å². The van der Waals surface area contributed by atoms with Gasteiger partial charge >= 0.3 is 0 Å². The van der Waals surface area contributed by atoms with Crippen LogP contribution < -0.4 is 5.43 Å². The summed E-state index contributed by atoms with van der Waals surface area (Å²) in [6.45, 7) is 5.02. The summed E-state index contributed by atoms with van der Waals surface area (Å²) in [7, 11) is 2.12. The Labute approximate surface area is 124 Å². The molecule has 0 fully saturated rings. The SMILES string of the molecule is CCN(C)CCn1c2ccccc2c(=O)c2ccccc21. The van der Waals surface area contributed by atoms with Gasteiger partial charge in [0.25, 0.3) is 0 Å². The largest absolute Gasteiger partial charge is 0.339 e. The number of hydrogen-bond acceptors (Lipinski definition) is 2. The minimum absolute atomic E-state index is 0.126. The zero-order chi connectivity index (χ0) is 14.8. The van der Waals surface area contributed by atoms with E-state index in [4.69, 9.17) is 0 Å². The Hall–Kier alpha value is -2.13. The molecule has 0 aliphatic heterocycles. The van der Waals surface area contributed by atoms with Gasteiger partial charge in [0.15, 0.2) is 5.43 Å². The Balaban J connectivity index is 2.27. The number of pyridine rings is 1. The fraction of sp³-hybridized carbons (Fsp3) is 0.278. The molecule has 0 saturated heterocycles. The number of likely N-dealkylation sites (N-methyl/N-ethyl adjacent to an activating group) is 1. The van der Waals surface area contributed by atoms with E-state index >= 15 is 0 Å². The molecule has 0 N–H and O–H groups in total. The third-order valence-electron chi connectivity index (χ3n) is 4.12. The van der Waals surface area contributed by atoms with Crippen molar-refractivity contribution in [2.45, 2.75) is 13.5 Å². The maximum Gasteiger partial charge on any atom is 0.197 e. The first-order valence-electron chi connectivity index (χ1n) is 7.41. The number of fused-ring (bicyclic) bond motifs is 2. The highest BCUT2D eigenvalue weighted by Gasteiger charge is 2.10.